The van der Waals surface area contributed by atoms with Crippen molar-refractivity contribution in [2.24, 2.45) is 0 Å². The van der Waals surface area contributed by atoms with Crippen LogP contribution < -0.4 is 0 Å². The van der Waals surface area contributed by atoms with Crippen LogP contribution in [0.25, 0.3) is 21.7 Å². The Morgan fingerprint density at radius 3 is 2.31 bits per heavy atom. The Bertz CT molecular complexity index is 631. The maximum absolute atomic E-state index is 13.2. The van der Waals surface area contributed by atoms with E-state index >= 15 is 0 Å². The minimum atomic E-state index is -0.342. The smallest absolute Gasteiger partial charge is 0.123 e. The molecule has 0 aliphatic rings. The first-order valence-electron chi connectivity index (χ1n) is 4.87. The number of hydrogen-bond acceptors (Lipinski definition) is 1. The van der Waals surface area contributed by atoms with Crippen molar-refractivity contribution in [2.45, 2.75) is 0 Å². The lowest BCUT2D eigenvalue weighted by Crippen LogP contribution is -1.84. The third-order valence-electron chi connectivity index (χ3n) is 2.61. The van der Waals surface area contributed by atoms with Crippen LogP contribution in [0.4, 0.5) is 8.78 Å². The van der Waals surface area contributed by atoms with Gasteiger partial charge in [-0.2, -0.15) is 0 Å². The van der Waals surface area contributed by atoms with Gasteiger partial charge in [0.15, 0.2) is 0 Å². The summed E-state index contributed by atoms with van der Waals surface area (Å²) in [7, 11) is 0. The van der Waals surface area contributed by atoms with E-state index in [1.807, 2.05) is 0 Å². The summed E-state index contributed by atoms with van der Waals surface area (Å²) in [6, 6.07) is 8.73. The molecule has 3 heteroatoms. The third-order valence-corrected chi connectivity index (χ3v) is 2.61. The molecule has 1 heterocycles. The molecule has 78 valence electrons. The van der Waals surface area contributed by atoms with Crippen molar-refractivity contribution >= 4 is 21.7 Å². The van der Waals surface area contributed by atoms with Crippen molar-refractivity contribution in [1.82, 2.24) is 4.98 Å². The molecule has 0 saturated heterocycles. The Hall–Kier alpha value is -2.03. The highest BCUT2D eigenvalue weighted by Crippen LogP contribution is 2.24. The van der Waals surface area contributed by atoms with E-state index < -0.39 is 0 Å². The molecule has 0 fully saturated rings. The van der Waals surface area contributed by atoms with Crippen molar-refractivity contribution in [3.05, 3.63) is 54.2 Å². The van der Waals surface area contributed by atoms with Crippen LogP contribution in [0.2, 0.25) is 0 Å². The van der Waals surface area contributed by atoms with Gasteiger partial charge in [0.2, 0.25) is 0 Å². The quantitative estimate of drug-likeness (QED) is 0.521. The van der Waals surface area contributed by atoms with Crippen LogP contribution in [0.15, 0.2) is 42.6 Å². The average Bonchev–Trinajstić information content (AvgIpc) is 2.29. The molecular formula is C13H7F2N. The van der Waals surface area contributed by atoms with Gasteiger partial charge in [0.25, 0.3) is 0 Å². The Morgan fingerprint density at radius 2 is 1.50 bits per heavy atom. The fraction of sp³-hybridized carbons (Fsp3) is 0. The summed E-state index contributed by atoms with van der Waals surface area (Å²) in [5.74, 6) is -0.671. The molecule has 3 rings (SSSR count). The summed E-state index contributed by atoms with van der Waals surface area (Å²) in [6.07, 6.45) is 1.66. The maximum atomic E-state index is 13.2. The molecule has 0 radical (unpaired) electrons. The van der Waals surface area contributed by atoms with Gasteiger partial charge < -0.3 is 0 Å². The third kappa shape index (κ3) is 1.33. The molecule has 0 unspecified atom stereocenters. The minimum absolute atomic E-state index is 0.329. The highest BCUT2D eigenvalue weighted by Gasteiger charge is 2.04. The molecule has 0 bridgehead atoms. The van der Waals surface area contributed by atoms with Crippen LogP contribution in [0.1, 0.15) is 0 Å². The zero-order valence-corrected chi connectivity index (χ0v) is 8.24. The molecule has 0 N–H and O–H groups in total. The summed E-state index contributed by atoms with van der Waals surface area (Å²) in [4.78, 5) is 4.19. The Labute approximate surface area is 90.3 Å². The maximum Gasteiger partial charge on any atom is 0.123 e. The van der Waals surface area contributed by atoms with Gasteiger partial charge in [-0.3, -0.25) is 4.98 Å². The van der Waals surface area contributed by atoms with Crippen LogP contribution in [-0.4, -0.2) is 4.98 Å². The molecular weight excluding hydrogens is 208 g/mol. The second kappa shape index (κ2) is 3.23. The molecule has 1 nitrogen and oxygen atoms in total. The second-order valence-electron chi connectivity index (χ2n) is 3.65. The molecule has 1 aromatic heterocycles. The molecule has 0 aliphatic heterocycles. The normalized spacial score (nSPS) is 11.1. The Balaban J connectivity index is 2.55. The van der Waals surface area contributed by atoms with E-state index in [1.54, 1.807) is 18.3 Å². The zero-order chi connectivity index (χ0) is 11.1. The summed E-state index contributed by atoms with van der Waals surface area (Å²) in [5, 5.41) is 2.13. The number of halogens is 2. The first kappa shape index (κ1) is 9.21. The van der Waals surface area contributed by atoms with Gasteiger partial charge in [0.1, 0.15) is 11.6 Å². The van der Waals surface area contributed by atoms with E-state index in [0.29, 0.717) is 16.3 Å². The minimum Gasteiger partial charge on any atom is -0.256 e. The van der Waals surface area contributed by atoms with Gasteiger partial charge in [-0.25, -0.2) is 8.78 Å². The predicted octanol–water partition coefficient (Wildman–Crippen LogP) is 3.67. The molecule has 2 aromatic carbocycles. The summed E-state index contributed by atoms with van der Waals surface area (Å²) >= 11 is 0. The van der Waals surface area contributed by atoms with E-state index in [4.69, 9.17) is 0 Å². The zero-order valence-electron chi connectivity index (χ0n) is 8.24. The number of benzene rings is 2. The lowest BCUT2D eigenvalue weighted by Gasteiger charge is -2.03. The summed E-state index contributed by atoms with van der Waals surface area (Å²) < 4.78 is 26.3. The lowest BCUT2D eigenvalue weighted by atomic mass is 10.1. The van der Waals surface area contributed by atoms with Gasteiger partial charge in [-0.15, -0.1) is 0 Å². The van der Waals surface area contributed by atoms with E-state index in [2.05, 4.69) is 4.98 Å². The molecule has 16 heavy (non-hydrogen) atoms. The monoisotopic (exact) mass is 215 g/mol. The van der Waals surface area contributed by atoms with Crippen LogP contribution in [0.5, 0.6) is 0 Å². The lowest BCUT2D eigenvalue weighted by molar-refractivity contribution is 0.628. The molecule has 3 aromatic rings. The Kier molecular flexibility index (Phi) is 1.86. The number of hydrogen-bond donors (Lipinski definition) is 0. The van der Waals surface area contributed by atoms with Crippen molar-refractivity contribution < 1.29 is 8.78 Å². The number of nitrogens with zero attached hydrogens (tertiary/aromatic N) is 1. The number of aromatic nitrogens is 1. The van der Waals surface area contributed by atoms with E-state index in [0.717, 1.165) is 5.39 Å². The first-order valence-corrected chi connectivity index (χ1v) is 4.87. The number of pyridine rings is 1. The number of fused-ring (bicyclic) bond motifs is 3. The first-order chi connectivity index (χ1) is 7.74. The highest BCUT2D eigenvalue weighted by atomic mass is 19.1. The van der Waals surface area contributed by atoms with E-state index in [1.165, 1.54) is 24.3 Å². The van der Waals surface area contributed by atoms with Crippen LogP contribution in [0.3, 0.4) is 0 Å². The van der Waals surface area contributed by atoms with Gasteiger partial charge in [0, 0.05) is 17.0 Å². The van der Waals surface area contributed by atoms with Crippen LogP contribution in [0, 0.1) is 11.6 Å². The SMILES string of the molecule is Fc1ccc2cnc3ccc(F)cc3c2c1. The van der Waals surface area contributed by atoms with Crippen LogP contribution in [-0.2, 0) is 0 Å². The Morgan fingerprint density at radius 1 is 0.812 bits per heavy atom. The van der Waals surface area contributed by atoms with Crippen molar-refractivity contribution in [1.29, 1.82) is 0 Å². The fourth-order valence-electron chi connectivity index (χ4n) is 1.85. The van der Waals surface area contributed by atoms with Gasteiger partial charge in [-0.1, -0.05) is 0 Å². The van der Waals surface area contributed by atoms with E-state index in [9.17, 15) is 8.78 Å². The molecule has 0 atom stereocenters. The van der Waals surface area contributed by atoms with Crippen molar-refractivity contribution in [2.75, 3.05) is 0 Å². The van der Waals surface area contributed by atoms with Crippen molar-refractivity contribution in [3.8, 4) is 0 Å². The molecule has 0 amide bonds. The average molecular weight is 215 g/mol. The second-order valence-corrected chi connectivity index (χ2v) is 3.65. The highest BCUT2D eigenvalue weighted by molar-refractivity contribution is 6.05. The van der Waals surface area contributed by atoms with Gasteiger partial charge in [0.05, 0.1) is 5.52 Å². The van der Waals surface area contributed by atoms with Crippen molar-refractivity contribution in [3.63, 3.8) is 0 Å². The van der Waals surface area contributed by atoms with Gasteiger partial charge in [-0.05, 0) is 41.8 Å². The fourth-order valence-corrected chi connectivity index (χ4v) is 1.85. The topological polar surface area (TPSA) is 12.9 Å². The summed E-state index contributed by atoms with van der Waals surface area (Å²) in [5.41, 5.74) is 0.666. The predicted molar refractivity (Wildman–Crippen MR) is 59.2 cm³/mol. The number of rotatable bonds is 0. The molecule has 0 saturated carbocycles. The molecule has 0 spiro atoms. The van der Waals surface area contributed by atoms with E-state index in [-0.39, 0.29) is 11.6 Å². The standard InChI is InChI=1S/C13H7F2N/c14-9-2-1-8-7-16-13-4-3-10(15)6-12(13)11(8)5-9/h1-7H. The summed E-state index contributed by atoms with van der Waals surface area (Å²) in [6.45, 7) is 0. The van der Waals surface area contributed by atoms with Crippen LogP contribution >= 0.6 is 0 Å². The largest absolute Gasteiger partial charge is 0.256 e. The molecule has 0 aliphatic carbocycles. The van der Waals surface area contributed by atoms with Gasteiger partial charge >= 0.3 is 0 Å².